The van der Waals surface area contributed by atoms with E-state index in [2.05, 4.69) is 31.3 Å². The lowest BCUT2D eigenvalue weighted by molar-refractivity contribution is -0.132. The zero-order valence-electron chi connectivity index (χ0n) is 13.2. The molecule has 0 aromatic heterocycles. The normalized spacial score (nSPS) is 23.6. The quantitative estimate of drug-likeness (QED) is 0.837. The van der Waals surface area contributed by atoms with Crippen LogP contribution in [0.1, 0.15) is 32.3 Å². The molecule has 4 heteroatoms. The molecular weight excluding hydrogens is 264 g/mol. The van der Waals surface area contributed by atoms with E-state index >= 15 is 0 Å². The Morgan fingerprint density at radius 3 is 2.71 bits per heavy atom. The summed E-state index contributed by atoms with van der Waals surface area (Å²) in [6.45, 7) is 4.84. The average molecular weight is 290 g/mol. The summed E-state index contributed by atoms with van der Waals surface area (Å²) in [5.74, 6) is 0.224. The van der Waals surface area contributed by atoms with Gasteiger partial charge in [0.15, 0.2) is 0 Å². The number of amides is 1. The van der Waals surface area contributed by atoms with Gasteiger partial charge in [0, 0.05) is 19.8 Å². The Balaban J connectivity index is 1.90. The molecule has 0 bridgehead atoms. The highest BCUT2D eigenvalue weighted by molar-refractivity contribution is 5.84. The monoisotopic (exact) mass is 290 g/mol. The molecule has 21 heavy (non-hydrogen) atoms. The summed E-state index contributed by atoms with van der Waals surface area (Å²) < 4.78 is 5.12. The lowest BCUT2D eigenvalue weighted by Gasteiger charge is -2.28. The predicted octanol–water partition coefficient (Wildman–Crippen LogP) is 2.19. The van der Waals surface area contributed by atoms with Gasteiger partial charge in [-0.25, -0.2) is 0 Å². The minimum absolute atomic E-state index is 0.0646. The number of methoxy groups -OCH3 is 1. The molecular formula is C17H26N2O2. The zero-order chi connectivity index (χ0) is 15.2. The van der Waals surface area contributed by atoms with Gasteiger partial charge in [-0.05, 0) is 38.7 Å². The van der Waals surface area contributed by atoms with Crippen molar-refractivity contribution in [2.24, 2.45) is 0 Å². The van der Waals surface area contributed by atoms with Gasteiger partial charge < -0.3 is 9.64 Å². The first-order valence-corrected chi connectivity index (χ1v) is 7.74. The van der Waals surface area contributed by atoms with Crippen LogP contribution in [0, 0.1) is 0 Å². The van der Waals surface area contributed by atoms with E-state index in [1.165, 1.54) is 5.56 Å². The molecule has 1 aliphatic rings. The van der Waals surface area contributed by atoms with E-state index in [1.807, 2.05) is 23.1 Å². The fourth-order valence-electron chi connectivity index (χ4n) is 3.00. The summed E-state index contributed by atoms with van der Waals surface area (Å²) in [5, 5.41) is 3.42. The SMILES string of the molecule is COCCC(C)N1C(=O)C(CCc2ccccc2)NC1C. The Morgan fingerprint density at radius 1 is 1.33 bits per heavy atom. The first-order chi connectivity index (χ1) is 10.1. The van der Waals surface area contributed by atoms with Crippen molar-refractivity contribution in [3.05, 3.63) is 35.9 Å². The molecule has 1 saturated heterocycles. The van der Waals surface area contributed by atoms with Crippen LogP contribution in [0.3, 0.4) is 0 Å². The molecule has 1 heterocycles. The van der Waals surface area contributed by atoms with E-state index in [-0.39, 0.29) is 24.2 Å². The summed E-state index contributed by atoms with van der Waals surface area (Å²) in [4.78, 5) is 14.5. The average Bonchev–Trinajstić information content (AvgIpc) is 2.78. The molecule has 0 spiro atoms. The number of nitrogens with one attached hydrogen (secondary N) is 1. The third-order valence-electron chi connectivity index (χ3n) is 4.19. The van der Waals surface area contributed by atoms with E-state index in [0.717, 1.165) is 19.3 Å². The molecule has 0 radical (unpaired) electrons. The Bertz CT molecular complexity index is 449. The van der Waals surface area contributed by atoms with Gasteiger partial charge in [0.1, 0.15) is 0 Å². The van der Waals surface area contributed by atoms with Crippen LogP contribution in [-0.2, 0) is 16.0 Å². The van der Waals surface area contributed by atoms with Crippen LogP contribution in [0.5, 0.6) is 0 Å². The standard InChI is InChI=1S/C17H26N2O2/c1-13(11-12-21-3)19-14(2)18-16(17(19)20)10-9-15-7-5-4-6-8-15/h4-8,13-14,16,18H,9-12H2,1-3H3. The van der Waals surface area contributed by atoms with Crippen molar-refractivity contribution < 1.29 is 9.53 Å². The number of carbonyl (C=O) groups excluding carboxylic acids is 1. The van der Waals surface area contributed by atoms with Gasteiger partial charge in [-0.2, -0.15) is 0 Å². The molecule has 1 N–H and O–H groups in total. The van der Waals surface area contributed by atoms with Gasteiger partial charge >= 0.3 is 0 Å². The van der Waals surface area contributed by atoms with Crippen molar-refractivity contribution in [1.29, 1.82) is 0 Å². The Kier molecular flexibility index (Phi) is 5.76. The van der Waals surface area contributed by atoms with E-state index in [1.54, 1.807) is 7.11 Å². The van der Waals surface area contributed by atoms with Crippen LogP contribution in [0.15, 0.2) is 30.3 Å². The van der Waals surface area contributed by atoms with Crippen molar-refractivity contribution >= 4 is 5.91 Å². The summed E-state index contributed by atoms with van der Waals surface area (Å²) in [6.07, 6.45) is 2.75. The third-order valence-corrected chi connectivity index (χ3v) is 4.19. The first kappa shape index (κ1) is 16.0. The van der Waals surface area contributed by atoms with Crippen molar-refractivity contribution in [3.8, 4) is 0 Å². The topological polar surface area (TPSA) is 41.6 Å². The van der Waals surface area contributed by atoms with Crippen molar-refractivity contribution in [3.63, 3.8) is 0 Å². The van der Waals surface area contributed by atoms with E-state index in [4.69, 9.17) is 4.74 Å². The first-order valence-electron chi connectivity index (χ1n) is 7.74. The highest BCUT2D eigenvalue weighted by Gasteiger charge is 2.38. The predicted molar refractivity (Wildman–Crippen MR) is 83.9 cm³/mol. The number of hydrogen-bond acceptors (Lipinski definition) is 3. The lowest BCUT2D eigenvalue weighted by Crippen LogP contribution is -2.42. The Morgan fingerprint density at radius 2 is 2.05 bits per heavy atom. The molecule has 3 atom stereocenters. The fourth-order valence-corrected chi connectivity index (χ4v) is 3.00. The molecule has 0 saturated carbocycles. The summed E-state index contributed by atoms with van der Waals surface area (Å²) >= 11 is 0. The number of carbonyl (C=O) groups is 1. The summed E-state index contributed by atoms with van der Waals surface area (Å²) in [5.41, 5.74) is 1.28. The molecule has 0 aliphatic carbocycles. The second kappa shape index (κ2) is 7.57. The van der Waals surface area contributed by atoms with Crippen molar-refractivity contribution in [2.45, 2.75) is 51.4 Å². The van der Waals surface area contributed by atoms with Crippen molar-refractivity contribution in [1.82, 2.24) is 10.2 Å². The molecule has 1 amide bonds. The van der Waals surface area contributed by atoms with Gasteiger partial charge in [0.2, 0.25) is 5.91 Å². The molecule has 4 nitrogen and oxygen atoms in total. The summed E-state index contributed by atoms with van der Waals surface area (Å²) in [7, 11) is 1.70. The van der Waals surface area contributed by atoms with Crippen LogP contribution in [0.4, 0.5) is 0 Å². The van der Waals surface area contributed by atoms with E-state index in [0.29, 0.717) is 6.61 Å². The van der Waals surface area contributed by atoms with Crippen LogP contribution in [-0.4, -0.2) is 42.8 Å². The van der Waals surface area contributed by atoms with Crippen molar-refractivity contribution in [2.75, 3.05) is 13.7 Å². The minimum Gasteiger partial charge on any atom is -0.385 e. The number of nitrogens with zero attached hydrogens (tertiary/aromatic N) is 1. The number of benzene rings is 1. The second-order valence-corrected chi connectivity index (χ2v) is 5.80. The zero-order valence-corrected chi connectivity index (χ0v) is 13.2. The highest BCUT2D eigenvalue weighted by atomic mass is 16.5. The molecule has 116 valence electrons. The number of aryl methyl sites for hydroxylation is 1. The van der Waals surface area contributed by atoms with Crippen LogP contribution in [0.25, 0.3) is 0 Å². The molecule has 1 aliphatic heterocycles. The third kappa shape index (κ3) is 4.05. The van der Waals surface area contributed by atoms with E-state index in [9.17, 15) is 4.79 Å². The largest absolute Gasteiger partial charge is 0.385 e. The smallest absolute Gasteiger partial charge is 0.241 e. The molecule has 2 rings (SSSR count). The number of hydrogen-bond donors (Lipinski definition) is 1. The number of ether oxygens (including phenoxy) is 1. The van der Waals surface area contributed by atoms with Crippen LogP contribution in [0.2, 0.25) is 0 Å². The number of rotatable bonds is 7. The van der Waals surface area contributed by atoms with Gasteiger partial charge in [0.05, 0.1) is 12.2 Å². The van der Waals surface area contributed by atoms with Gasteiger partial charge in [-0.15, -0.1) is 0 Å². The highest BCUT2D eigenvalue weighted by Crippen LogP contribution is 2.19. The van der Waals surface area contributed by atoms with Gasteiger partial charge in [-0.1, -0.05) is 30.3 Å². The minimum atomic E-state index is -0.0646. The lowest BCUT2D eigenvalue weighted by atomic mass is 10.0. The van der Waals surface area contributed by atoms with Gasteiger partial charge in [-0.3, -0.25) is 10.1 Å². The van der Waals surface area contributed by atoms with E-state index < -0.39 is 0 Å². The molecule has 1 aromatic carbocycles. The molecule has 1 fully saturated rings. The maximum absolute atomic E-state index is 12.6. The molecule has 3 unspecified atom stereocenters. The fraction of sp³-hybridized carbons (Fsp3) is 0.588. The van der Waals surface area contributed by atoms with Crippen LogP contribution < -0.4 is 5.32 Å². The second-order valence-electron chi connectivity index (χ2n) is 5.80. The summed E-state index contributed by atoms with van der Waals surface area (Å²) in [6, 6.07) is 10.5. The Labute approximate surface area is 127 Å². The maximum Gasteiger partial charge on any atom is 0.241 e. The maximum atomic E-state index is 12.6. The van der Waals surface area contributed by atoms with Gasteiger partial charge in [0.25, 0.3) is 0 Å². The van der Waals surface area contributed by atoms with Crippen LogP contribution >= 0.6 is 0 Å². The molecule has 1 aromatic rings. The Hall–Kier alpha value is -1.39.